The second-order valence-electron chi connectivity index (χ2n) is 6.86. The van der Waals surface area contributed by atoms with Crippen LogP contribution in [0.5, 0.6) is 11.5 Å². The van der Waals surface area contributed by atoms with Gasteiger partial charge in [0, 0.05) is 22.7 Å². The molecule has 0 aliphatic carbocycles. The topological polar surface area (TPSA) is 35.8 Å². The SMILES string of the molecule is COc1ccc(-c2nc3c4ccccc4ccn3c2-c2ccc(OC)cc2)cc1. The molecule has 0 atom stereocenters. The lowest BCUT2D eigenvalue weighted by Gasteiger charge is -2.08. The van der Waals surface area contributed by atoms with Crippen molar-refractivity contribution in [3.05, 3.63) is 85.1 Å². The van der Waals surface area contributed by atoms with Gasteiger partial charge in [0.2, 0.25) is 0 Å². The van der Waals surface area contributed by atoms with Gasteiger partial charge in [0.15, 0.2) is 0 Å². The Morgan fingerprint density at radius 2 is 1.31 bits per heavy atom. The van der Waals surface area contributed by atoms with Crippen molar-refractivity contribution in [3.63, 3.8) is 0 Å². The second-order valence-corrected chi connectivity index (χ2v) is 6.86. The first kappa shape index (κ1) is 17.3. The van der Waals surface area contributed by atoms with Crippen molar-refractivity contribution in [1.82, 2.24) is 9.38 Å². The summed E-state index contributed by atoms with van der Waals surface area (Å²) in [6.07, 6.45) is 2.09. The zero-order chi connectivity index (χ0) is 19.8. The lowest BCUT2D eigenvalue weighted by molar-refractivity contribution is 0.414. The Balaban J connectivity index is 1.82. The van der Waals surface area contributed by atoms with Crippen LogP contribution < -0.4 is 9.47 Å². The van der Waals surface area contributed by atoms with E-state index in [1.165, 1.54) is 5.39 Å². The molecule has 5 aromatic rings. The van der Waals surface area contributed by atoms with E-state index in [2.05, 4.69) is 65.2 Å². The predicted molar refractivity (Wildman–Crippen MR) is 117 cm³/mol. The van der Waals surface area contributed by atoms with Crippen LogP contribution in [0.25, 0.3) is 38.9 Å². The van der Waals surface area contributed by atoms with Gasteiger partial charge in [-0.1, -0.05) is 24.3 Å². The minimum atomic E-state index is 0.828. The molecule has 5 rings (SSSR count). The molecule has 0 saturated carbocycles. The smallest absolute Gasteiger partial charge is 0.145 e. The third-order valence-corrected chi connectivity index (χ3v) is 5.24. The molecule has 0 aliphatic rings. The van der Waals surface area contributed by atoms with Crippen LogP contribution in [-0.4, -0.2) is 23.6 Å². The number of nitrogens with zero attached hydrogens (tertiary/aromatic N) is 2. The molecule has 4 nitrogen and oxygen atoms in total. The minimum absolute atomic E-state index is 0.828. The molecule has 0 bridgehead atoms. The molecular formula is C25H20N2O2. The third kappa shape index (κ3) is 2.90. The van der Waals surface area contributed by atoms with Crippen molar-refractivity contribution in [2.45, 2.75) is 0 Å². The number of aromatic nitrogens is 2. The van der Waals surface area contributed by atoms with Crippen molar-refractivity contribution < 1.29 is 9.47 Å². The van der Waals surface area contributed by atoms with Crippen LogP contribution in [0.2, 0.25) is 0 Å². The lowest BCUT2D eigenvalue weighted by Crippen LogP contribution is -1.91. The number of pyridine rings is 1. The molecule has 0 spiro atoms. The number of hydrogen-bond acceptors (Lipinski definition) is 3. The van der Waals surface area contributed by atoms with Crippen molar-refractivity contribution >= 4 is 16.4 Å². The Bertz CT molecular complexity index is 1300. The van der Waals surface area contributed by atoms with E-state index in [0.29, 0.717) is 0 Å². The van der Waals surface area contributed by atoms with E-state index in [9.17, 15) is 0 Å². The number of imidazole rings is 1. The maximum atomic E-state index is 5.34. The Morgan fingerprint density at radius 3 is 1.97 bits per heavy atom. The maximum Gasteiger partial charge on any atom is 0.145 e. The Labute approximate surface area is 169 Å². The first-order valence-corrected chi connectivity index (χ1v) is 9.47. The van der Waals surface area contributed by atoms with Crippen molar-refractivity contribution in [2.75, 3.05) is 14.2 Å². The molecule has 0 aliphatic heterocycles. The molecule has 0 unspecified atom stereocenters. The number of hydrogen-bond donors (Lipinski definition) is 0. The highest BCUT2D eigenvalue weighted by molar-refractivity contribution is 5.97. The molecule has 29 heavy (non-hydrogen) atoms. The molecule has 2 aromatic heterocycles. The summed E-state index contributed by atoms with van der Waals surface area (Å²) in [5.74, 6) is 1.66. The first-order valence-electron chi connectivity index (χ1n) is 9.47. The first-order chi connectivity index (χ1) is 14.3. The molecule has 0 N–H and O–H groups in total. The summed E-state index contributed by atoms with van der Waals surface area (Å²) in [5, 5.41) is 2.30. The largest absolute Gasteiger partial charge is 0.497 e. The fourth-order valence-corrected chi connectivity index (χ4v) is 3.74. The zero-order valence-electron chi connectivity index (χ0n) is 16.3. The number of fused-ring (bicyclic) bond motifs is 3. The van der Waals surface area contributed by atoms with Gasteiger partial charge in [-0.25, -0.2) is 4.98 Å². The number of methoxy groups -OCH3 is 2. The van der Waals surface area contributed by atoms with E-state index in [1.807, 2.05) is 24.3 Å². The van der Waals surface area contributed by atoms with E-state index >= 15 is 0 Å². The molecule has 0 fully saturated rings. The normalized spacial score (nSPS) is 11.1. The summed E-state index contributed by atoms with van der Waals surface area (Å²) in [6.45, 7) is 0. The minimum Gasteiger partial charge on any atom is -0.497 e. The van der Waals surface area contributed by atoms with E-state index in [4.69, 9.17) is 14.5 Å². The quantitative estimate of drug-likeness (QED) is 0.393. The van der Waals surface area contributed by atoms with Gasteiger partial charge in [-0.2, -0.15) is 0 Å². The standard InChI is InChI=1S/C25H20N2O2/c1-28-20-11-7-18(8-12-20)23-24(19-9-13-21(29-2)14-10-19)27-16-15-17-5-3-4-6-22(17)25(27)26-23/h3-16H,1-2H3. The number of ether oxygens (including phenoxy) is 2. The zero-order valence-corrected chi connectivity index (χ0v) is 16.3. The van der Waals surface area contributed by atoms with Gasteiger partial charge in [0.1, 0.15) is 17.1 Å². The highest BCUT2D eigenvalue weighted by Crippen LogP contribution is 2.36. The predicted octanol–water partition coefficient (Wildman–Crippen LogP) is 5.84. The summed E-state index contributed by atoms with van der Waals surface area (Å²) >= 11 is 0. The average molecular weight is 380 g/mol. The highest BCUT2D eigenvalue weighted by Gasteiger charge is 2.17. The molecule has 0 saturated heterocycles. The summed E-state index contributed by atoms with van der Waals surface area (Å²) in [4.78, 5) is 5.08. The molecular weight excluding hydrogens is 360 g/mol. The summed E-state index contributed by atoms with van der Waals surface area (Å²) in [7, 11) is 3.35. The summed E-state index contributed by atoms with van der Waals surface area (Å²) in [5.41, 5.74) is 5.07. The molecule has 3 aromatic carbocycles. The van der Waals surface area contributed by atoms with Crippen LogP contribution in [0.3, 0.4) is 0 Å². The van der Waals surface area contributed by atoms with Gasteiger partial charge in [0.25, 0.3) is 0 Å². The van der Waals surface area contributed by atoms with Crippen LogP contribution >= 0.6 is 0 Å². The van der Waals surface area contributed by atoms with Gasteiger partial charge in [-0.3, -0.25) is 4.40 Å². The average Bonchev–Trinajstić information content (AvgIpc) is 3.19. The van der Waals surface area contributed by atoms with Crippen molar-refractivity contribution in [1.29, 1.82) is 0 Å². The van der Waals surface area contributed by atoms with Crippen LogP contribution in [-0.2, 0) is 0 Å². The van der Waals surface area contributed by atoms with Crippen molar-refractivity contribution in [3.8, 4) is 34.0 Å². The number of rotatable bonds is 4. The van der Waals surface area contributed by atoms with E-state index < -0.39 is 0 Å². The molecule has 0 amide bonds. The molecule has 2 heterocycles. The van der Waals surface area contributed by atoms with Gasteiger partial charge in [-0.15, -0.1) is 0 Å². The van der Waals surface area contributed by atoms with Crippen LogP contribution in [0.15, 0.2) is 85.1 Å². The highest BCUT2D eigenvalue weighted by atomic mass is 16.5. The number of benzene rings is 3. The van der Waals surface area contributed by atoms with E-state index in [1.54, 1.807) is 14.2 Å². The fraction of sp³-hybridized carbons (Fsp3) is 0.0800. The van der Waals surface area contributed by atoms with Crippen LogP contribution in [0.1, 0.15) is 0 Å². The molecule has 142 valence electrons. The monoisotopic (exact) mass is 380 g/mol. The Hall–Kier alpha value is -3.79. The van der Waals surface area contributed by atoms with Gasteiger partial charge < -0.3 is 9.47 Å². The van der Waals surface area contributed by atoms with Crippen LogP contribution in [0, 0.1) is 0 Å². The lowest BCUT2D eigenvalue weighted by atomic mass is 10.0. The maximum absolute atomic E-state index is 5.34. The third-order valence-electron chi connectivity index (χ3n) is 5.24. The van der Waals surface area contributed by atoms with Crippen LogP contribution in [0.4, 0.5) is 0 Å². The summed E-state index contributed by atoms with van der Waals surface area (Å²) < 4.78 is 12.8. The van der Waals surface area contributed by atoms with Gasteiger partial charge in [0.05, 0.1) is 25.6 Å². The summed E-state index contributed by atoms with van der Waals surface area (Å²) in [6, 6.07) is 26.6. The fourth-order valence-electron chi connectivity index (χ4n) is 3.74. The van der Waals surface area contributed by atoms with Gasteiger partial charge in [-0.05, 0) is 60.0 Å². The van der Waals surface area contributed by atoms with Crippen molar-refractivity contribution in [2.24, 2.45) is 0 Å². The van der Waals surface area contributed by atoms with E-state index in [-0.39, 0.29) is 0 Å². The molecule has 4 heteroatoms. The second kappa shape index (κ2) is 6.99. The van der Waals surface area contributed by atoms with E-state index in [0.717, 1.165) is 45.0 Å². The Morgan fingerprint density at radius 1 is 0.690 bits per heavy atom. The Kier molecular flexibility index (Phi) is 4.17. The van der Waals surface area contributed by atoms with Gasteiger partial charge >= 0.3 is 0 Å². The molecule has 0 radical (unpaired) electrons.